The fraction of sp³-hybridized carbons (Fsp3) is 0.600. The molecular weight excluding hydrogens is 74.1 g/mol. The van der Waals surface area contributed by atoms with E-state index in [0.29, 0.717) is 0 Å². The van der Waals surface area contributed by atoms with Gasteiger partial charge >= 0.3 is 0 Å². The second kappa shape index (κ2) is 2.74. The number of rotatable bonds is 1. The quantitative estimate of drug-likeness (QED) is 0.445. The van der Waals surface area contributed by atoms with Crippen LogP contribution in [0.1, 0.15) is 6.92 Å². The van der Waals surface area contributed by atoms with E-state index in [1.165, 1.54) is 0 Å². The molecule has 33 valence electrons. The van der Waals surface area contributed by atoms with Crippen LogP contribution in [0.15, 0.2) is 0 Å². The third-order valence-electron chi connectivity index (χ3n) is 0.650. The molecule has 0 amide bonds. The lowest BCUT2D eigenvalue weighted by atomic mass is 10.4. The van der Waals surface area contributed by atoms with Crippen molar-refractivity contribution in [2.75, 3.05) is 7.05 Å². The average Bonchev–Trinajstić information content (AvgIpc) is 1.65. The first-order chi connectivity index (χ1) is 2.81. The van der Waals surface area contributed by atoms with Gasteiger partial charge in [-0.2, -0.15) is 0 Å². The second-order valence-corrected chi connectivity index (χ2v) is 1.15. The monoisotopic (exact) mass is 82.1 g/mol. The van der Waals surface area contributed by atoms with Crippen molar-refractivity contribution >= 4 is 0 Å². The van der Waals surface area contributed by atoms with Crippen molar-refractivity contribution in [1.82, 2.24) is 5.32 Å². The van der Waals surface area contributed by atoms with E-state index in [-0.39, 0.29) is 6.04 Å². The number of hydrogen-bond acceptors (Lipinski definition) is 1. The van der Waals surface area contributed by atoms with Gasteiger partial charge in [-0.3, -0.25) is 0 Å². The van der Waals surface area contributed by atoms with E-state index in [9.17, 15) is 0 Å². The van der Waals surface area contributed by atoms with Crippen LogP contribution >= 0.6 is 0 Å². The Morgan fingerprint density at radius 2 is 2.33 bits per heavy atom. The van der Waals surface area contributed by atoms with E-state index in [1.807, 2.05) is 6.92 Å². The maximum absolute atomic E-state index is 6.50. The molecule has 1 nitrogen and oxygen atoms in total. The summed E-state index contributed by atoms with van der Waals surface area (Å²) in [4.78, 5) is 0. The number of hydrogen-bond donors (Lipinski definition) is 1. The molecule has 0 fully saturated rings. The van der Waals surface area contributed by atoms with Crippen molar-refractivity contribution < 1.29 is 0 Å². The molecule has 1 heteroatoms. The molecule has 0 spiro atoms. The molecule has 0 aliphatic heterocycles. The maximum Gasteiger partial charge on any atom is 0.0668 e. The SMILES string of the molecule is [C]#CC(C)NC. The largest absolute Gasteiger partial charge is 0.307 e. The van der Waals surface area contributed by atoms with Crippen LogP contribution < -0.4 is 5.32 Å². The Hall–Kier alpha value is -0.480. The van der Waals surface area contributed by atoms with E-state index in [2.05, 4.69) is 11.2 Å². The molecule has 0 bridgehead atoms. The minimum absolute atomic E-state index is 0.102. The Balaban J connectivity index is 3.04. The van der Waals surface area contributed by atoms with Crippen LogP contribution in [-0.2, 0) is 0 Å². The normalized spacial score (nSPS) is 12.8. The highest BCUT2D eigenvalue weighted by atomic mass is 14.8. The molecule has 0 aliphatic carbocycles. The van der Waals surface area contributed by atoms with Gasteiger partial charge in [-0.25, -0.2) is 0 Å². The predicted octanol–water partition coefficient (Wildman–Crippen LogP) is 0.184. The van der Waals surface area contributed by atoms with Gasteiger partial charge in [0.1, 0.15) is 0 Å². The van der Waals surface area contributed by atoms with Crippen LogP contribution in [-0.4, -0.2) is 13.1 Å². The number of nitrogens with one attached hydrogen (secondary N) is 1. The summed E-state index contributed by atoms with van der Waals surface area (Å²) in [5.41, 5.74) is 0. The third-order valence-corrected chi connectivity index (χ3v) is 0.650. The van der Waals surface area contributed by atoms with Crippen LogP contribution in [0, 0.1) is 12.3 Å². The zero-order valence-corrected chi connectivity index (χ0v) is 4.08. The first-order valence-corrected chi connectivity index (χ1v) is 1.90. The van der Waals surface area contributed by atoms with Crippen molar-refractivity contribution in [3.63, 3.8) is 0 Å². The molecule has 0 aliphatic rings. The van der Waals surface area contributed by atoms with Gasteiger partial charge in [-0.15, -0.1) is 0 Å². The zero-order valence-electron chi connectivity index (χ0n) is 4.08. The topological polar surface area (TPSA) is 12.0 Å². The highest BCUT2D eigenvalue weighted by molar-refractivity contribution is 4.88. The maximum atomic E-state index is 6.50. The summed E-state index contributed by atoms with van der Waals surface area (Å²) in [6.07, 6.45) is 6.50. The van der Waals surface area contributed by atoms with Crippen molar-refractivity contribution in [2.24, 2.45) is 0 Å². The molecule has 0 aromatic rings. The molecule has 6 heavy (non-hydrogen) atoms. The lowest BCUT2D eigenvalue weighted by Gasteiger charge is -1.94. The minimum atomic E-state index is 0.102. The first kappa shape index (κ1) is 5.52. The predicted molar refractivity (Wildman–Crippen MR) is 25.7 cm³/mol. The summed E-state index contributed by atoms with van der Waals surface area (Å²) in [7, 11) is 1.80. The highest BCUT2D eigenvalue weighted by Gasteiger charge is 1.82. The van der Waals surface area contributed by atoms with Gasteiger partial charge in [-0.1, -0.05) is 5.92 Å². The van der Waals surface area contributed by atoms with Gasteiger partial charge < -0.3 is 5.32 Å². The Morgan fingerprint density at radius 1 is 1.83 bits per heavy atom. The fourth-order valence-corrected chi connectivity index (χ4v) is 0.0722. The third kappa shape index (κ3) is 1.80. The standard InChI is InChI=1S/C5H8N/c1-4-5(2)6-3/h5-6H,2-3H3. The van der Waals surface area contributed by atoms with E-state index >= 15 is 0 Å². The molecule has 0 aromatic heterocycles. The summed E-state index contributed by atoms with van der Waals surface area (Å²) in [5.74, 6) is 2.25. The van der Waals surface area contributed by atoms with Gasteiger partial charge in [0.25, 0.3) is 0 Å². The van der Waals surface area contributed by atoms with Crippen molar-refractivity contribution in [2.45, 2.75) is 13.0 Å². The Kier molecular flexibility index (Phi) is 2.52. The van der Waals surface area contributed by atoms with E-state index in [4.69, 9.17) is 6.42 Å². The van der Waals surface area contributed by atoms with Crippen LogP contribution in [0.25, 0.3) is 0 Å². The van der Waals surface area contributed by atoms with E-state index in [0.717, 1.165) is 0 Å². The molecule has 0 rings (SSSR count). The van der Waals surface area contributed by atoms with Gasteiger partial charge in [0, 0.05) is 0 Å². The van der Waals surface area contributed by atoms with Gasteiger partial charge in [0.05, 0.1) is 6.04 Å². The Bertz CT molecular complexity index is 60.8. The molecule has 1 unspecified atom stereocenters. The second-order valence-electron chi connectivity index (χ2n) is 1.15. The van der Waals surface area contributed by atoms with Crippen molar-refractivity contribution in [3.05, 3.63) is 6.42 Å². The summed E-state index contributed by atoms with van der Waals surface area (Å²) >= 11 is 0. The fourth-order valence-electron chi connectivity index (χ4n) is 0.0722. The lowest BCUT2D eigenvalue weighted by Crippen LogP contribution is -2.17. The van der Waals surface area contributed by atoms with E-state index in [1.54, 1.807) is 7.05 Å². The smallest absolute Gasteiger partial charge is 0.0668 e. The lowest BCUT2D eigenvalue weighted by molar-refractivity contribution is 0.749. The van der Waals surface area contributed by atoms with Crippen molar-refractivity contribution in [3.8, 4) is 5.92 Å². The Labute approximate surface area is 38.7 Å². The van der Waals surface area contributed by atoms with Gasteiger partial charge in [0.15, 0.2) is 0 Å². The molecule has 0 saturated carbocycles. The molecule has 1 radical (unpaired) electrons. The molecule has 0 aromatic carbocycles. The molecule has 0 heterocycles. The van der Waals surface area contributed by atoms with Crippen LogP contribution in [0.4, 0.5) is 0 Å². The van der Waals surface area contributed by atoms with Crippen LogP contribution in [0.5, 0.6) is 0 Å². The average molecular weight is 82.1 g/mol. The molecular formula is C5H8N. The van der Waals surface area contributed by atoms with Crippen LogP contribution in [0.2, 0.25) is 0 Å². The Morgan fingerprint density at radius 3 is 2.33 bits per heavy atom. The molecule has 1 N–H and O–H groups in total. The molecule has 1 atom stereocenters. The highest BCUT2D eigenvalue weighted by Crippen LogP contribution is 1.68. The summed E-state index contributed by atoms with van der Waals surface area (Å²) < 4.78 is 0. The minimum Gasteiger partial charge on any atom is -0.307 e. The van der Waals surface area contributed by atoms with E-state index < -0.39 is 0 Å². The van der Waals surface area contributed by atoms with Crippen LogP contribution in [0.3, 0.4) is 0 Å². The summed E-state index contributed by atoms with van der Waals surface area (Å²) in [5, 5.41) is 2.82. The summed E-state index contributed by atoms with van der Waals surface area (Å²) in [6, 6.07) is 0.102. The first-order valence-electron chi connectivity index (χ1n) is 1.90. The van der Waals surface area contributed by atoms with Gasteiger partial charge in [-0.05, 0) is 20.4 Å². The van der Waals surface area contributed by atoms with Gasteiger partial charge in [0.2, 0.25) is 0 Å². The summed E-state index contributed by atoms with van der Waals surface area (Å²) in [6.45, 7) is 1.87. The van der Waals surface area contributed by atoms with Crippen molar-refractivity contribution in [1.29, 1.82) is 0 Å². The molecule has 0 saturated heterocycles. The zero-order chi connectivity index (χ0) is 4.99.